The molecular weight excluding hydrogens is 454 g/mol. The average Bonchev–Trinajstić information content (AvgIpc) is 2.78. The molecule has 2 atom stereocenters. The minimum Gasteiger partial charge on any atom is -0.444 e. The third-order valence-corrected chi connectivity index (χ3v) is 4.37. The van der Waals surface area contributed by atoms with E-state index in [1.807, 2.05) is 30.3 Å². The van der Waals surface area contributed by atoms with Crippen LogP contribution < -0.4 is 20.7 Å². The second-order valence-electron chi connectivity index (χ2n) is 8.73. The zero-order chi connectivity index (χ0) is 26.0. The van der Waals surface area contributed by atoms with Crippen molar-refractivity contribution in [2.75, 3.05) is 5.32 Å². The van der Waals surface area contributed by atoms with Crippen LogP contribution in [0.2, 0.25) is 0 Å². The van der Waals surface area contributed by atoms with E-state index in [9.17, 15) is 19.2 Å². The van der Waals surface area contributed by atoms with Crippen molar-refractivity contribution in [2.45, 2.75) is 58.9 Å². The van der Waals surface area contributed by atoms with Crippen molar-refractivity contribution in [3.63, 3.8) is 0 Å². The molecule has 10 nitrogen and oxygen atoms in total. The van der Waals surface area contributed by atoms with Crippen LogP contribution in [0.1, 0.15) is 40.2 Å². The highest BCUT2D eigenvalue weighted by molar-refractivity contribution is 5.90. The van der Waals surface area contributed by atoms with E-state index < -0.39 is 41.7 Å². The zero-order valence-corrected chi connectivity index (χ0v) is 20.4. The van der Waals surface area contributed by atoms with Gasteiger partial charge in [0.05, 0.1) is 0 Å². The smallest absolute Gasteiger partial charge is 0.411 e. The number of alkyl carbamates (subject to hydrolysis) is 1. The highest BCUT2D eigenvalue weighted by Crippen LogP contribution is 2.17. The number of anilines is 1. The van der Waals surface area contributed by atoms with E-state index in [0.29, 0.717) is 5.69 Å². The van der Waals surface area contributed by atoms with E-state index in [2.05, 4.69) is 16.0 Å². The van der Waals surface area contributed by atoms with E-state index in [-0.39, 0.29) is 12.4 Å². The van der Waals surface area contributed by atoms with Crippen LogP contribution in [-0.2, 0) is 25.7 Å². The normalized spacial score (nSPS) is 12.5. The quantitative estimate of drug-likeness (QED) is 0.383. The Morgan fingerprint density at radius 2 is 1.46 bits per heavy atom. The third-order valence-electron chi connectivity index (χ3n) is 4.37. The molecule has 0 bridgehead atoms. The topological polar surface area (TPSA) is 132 Å². The molecular formula is C25H31N3O7. The van der Waals surface area contributed by atoms with Crippen LogP contribution in [0.3, 0.4) is 0 Å². The summed E-state index contributed by atoms with van der Waals surface area (Å²) < 4.78 is 15.5. The summed E-state index contributed by atoms with van der Waals surface area (Å²) in [4.78, 5) is 48.3. The summed E-state index contributed by atoms with van der Waals surface area (Å²) in [5.74, 6) is -1.06. The number of hydrogen-bond donors (Lipinski definition) is 3. The molecule has 188 valence electrons. The lowest BCUT2D eigenvalue weighted by atomic mass is 10.2. The summed E-state index contributed by atoms with van der Waals surface area (Å²) in [6.45, 7) is 8.17. The van der Waals surface area contributed by atoms with E-state index in [1.165, 1.54) is 26.0 Å². The molecule has 35 heavy (non-hydrogen) atoms. The van der Waals surface area contributed by atoms with E-state index in [1.54, 1.807) is 32.9 Å². The number of esters is 1. The summed E-state index contributed by atoms with van der Waals surface area (Å²) in [5.41, 5.74) is 0.609. The molecule has 0 heterocycles. The van der Waals surface area contributed by atoms with Gasteiger partial charge in [-0.2, -0.15) is 0 Å². The van der Waals surface area contributed by atoms with Crippen LogP contribution in [0, 0.1) is 0 Å². The fourth-order valence-electron chi connectivity index (χ4n) is 2.64. The van der Waals surface area contributed by atoms with Crippen LogP contribution in [0.25, 0.3) is 0 Å². The number of benzene rings is 2. The highest BCUT2D eigenvalue weighted by atomic mass is 16.6. The molecule has 2 rings (SSSR count). The molecule has 0 radical (unpaired) electrons. The number of nitrogens with one attached hydrogen (secondary N) is 3. The van der Waals surface area contributed by atoms with Gasteiger partial charge in [0.15, 0.2) is 0 Å². The Labute approximate surface area is 204 Å². The van der Waals surface area contributed by atoms with Gasteiger partial charge in [-0.3, -0.25) is 10.1 Å². The fraction of sp³-hybridized carbons (Fsp3) is 0.360. The number of hydrogen-bond acceptors (Lipinski definition) is 7. The molecule has 2 aromatic carbocycles. The fourth-order valence-corrected chi connectivity index (χ4v) is 2.64. The van der Waals surface area contributed by atoms with Crippen LogP contribution in [0.5, 0.6) is 5.75 Å². The first-order valence-electron chi connectivity index (χ1n) is 11.0. The zero-order valence-electron chi connectivity index (χ0n) is 20.4. The molecule has 0 saturated carbocycles. The van der Waals surface area contributed by atoms with Crippen LogP contribution >= 0.6 is 0 Å². The van der Waals surface area contributed by atoms with Gasteiger partial charge in [0.1, 0.15) is 30.0 Å². The van der Waals surface area contributed by atoms with E-state index >= 15 is 0 Å². The highest BCUT2D eigenvalue weighted by Gasteiger charge is 2.24. The molecule has 0 aliphatic rings. The Morgan fingerprint density at radius 1 is 0.829 bits per heavy atom. The molecule has 0 spiro atoms. The molecule has 0 aliphatic heterocycles. The van der Waals surface area contributed by atoms with Gasteiger partial charge in [-0.25, -0.2) is 14.4 Å². The minimum atomic E-state index is -0.976. The molecule has 0 fully saturated rings. The van der Waals surface area contributed by atoms with E-state index in [0.717, 1.165) is 5.56 Å². The average molecular weight is 486 g/mol. The summed E-state index contributed by atoms with van der Waals surface area (Å²) in [7, 11) is 0. The van der Waals surface area contributed by atoms with Crippen LogP contribution in [0.4, 0.5) is 15.3 Å². The molecule has 0 unspecified atom stereocenters. The van der Waals surface area contributed by atoms with Crippen molar-refractivity contribution < 1.29 is 33.4 Å². The number of ether oxygens (including phenoxy) is 3. The molecule has 2 aromatic rings. The first-order chi connectivity index (χ1) is 16.4. The van der Waals surface area contributed by atoms with E-state index in [4.69, 9.17) is 14.2 Å². The summed E-state index contributed by atoms with van der Waals surface area (Å²) >= 11 is 0. The number of carbonyl (C=O) groups excluding carboxylic acids is 4. The Balaban J connectivity index is 1.78. The lowest BCUT2D eigenvalue weighted by Gasteiger charge is -2.22. The maximum Gasteiger partial charge on any atom is 0.411 e. The predicted molar refractivity (Wildman–Crippen MR) is 129 cm³/mol. The van der Waals surface area contributed by atoms with Crippen LogP contribution in [0.15, 0.2) is 54.6 Å². The van der Waals surface area contributed by atoms with Gasteiger partial charge >= 0.3 is 18.2 Å². The summed E-state index contributed by atoms with van der Waals surface area (Å²) in [5, 5.41) is 7.46. The molecule has 0 saturated heterocycles. The van der Waals surface area contributed by atoms with Crippen molar-refractivity contribution in [3.8, 4) is 5.75 Å². The second-order valence-corrected chi connectivity index (χ2v) is 8.73. The lowest BCUT2D eigenvalue weighted by Crippen LogP contribution is -2.50. The Morgan fingerprint density at radius 3 is 2.06 bits per heavy atom. The molecule has 10 heteroatoms. The first-order valence-corrected chi connectivity index (χ1v) is 11.0. The molecule has 3 N–H and O–H groups in total. The van der Waals surface area contributed by atoms with Gasteiger partial charge in [-0.05, 0) is 64.4 Å². The Hall–Kier alpha value is -4.08. The molecule has 0 aliphatic carbocycles. The Bertz CT molecular complexity index is 1020. The second kappa shape index (κ2) is 12.4. The van der Waals surface area contributed by atoms with Gasteiger partial charge in [0.2, 0.25) is 5.91 Å². The van der Waals surface area contributed by atoms with Gasteiger partial charge in [-0.1, -0.05) is 30.3 Å². The molecule has 0 aromatic heterocycles. The third kappa shape index (κ3) is 10.2. The van der Waals surface area contributed by atoms with Crippen molar-refractivity contribution in [3.05, 3.63) is 60.2 Å². The standard InChI is InChI=1S/C25H31N3O7/c1-16(27-24(32)35-25(3,4)5)21(29)26-17(2)22(30)34-20-13-11-19(12-14-20)28-23(31)33-15-18-9-7-6-8-10-18/h6-14,16-17H,15H2,1-5H3,(H,26,29)(H,27,32)(H,28,31)/t16-,17-/m1/s1. The Kier molecular flexibility index (Phi) is 9.63. The SMILES string of the molecule is C[C@@H](NC(=O)OC(C)(C)C)C(=O)N[C@H](C)C(=O)Oc1ccc(NC(=O)OCc2ccccc2)cc1. The van der Waals surface area contributed by atoms with Gasteiger partial charge in [0.25, 0.3) is 0 Å². The number of amides is 3. The van der Waals surface area contributed by atoms with Crippen molar-refractivity contribution in [2.24, 2.45) is 0 Å². The van der Waals surface area contributed by atoms with Crippen molar-refractivity contribution in [1.29, 1.82) is 0 Å². The summed E-state index contributed by atoms with van der Waals surface area (Å²) in [6, 6.07) is 13.4. The lowest BCUT2D eigenvalue weighted by molar-refractivity contribution is -0.139. The van der Waals surface area contributed by atoms with Crippen LogP contribution in [-0.4, -0.2) is 41.7 Å². The largest absolute Gasteiger partial charge is 0.444 e. The maximum absolute atomic E-state index is 12.3. The molecule has 3 amide bonds. The number of carbonyl (C=O) groups is 4. The number of rotatable bonds is 8. The minimum absolute atomic E-state index is 0.137. The van der Waals surface area contributed by atoms with Gasteiger partial charge in [0, 0.05) is 5.69 Å². The first kappa shape index (κ1) is 27.2. The van der Waals surface area contributed by atoms with Crippen molar-refractivity contribution >= 4 is 29.8 Å². The summed E-state index contributed by atoms with van der Waals surface area (Å²) in [6.07, 6.45) is -1.36. The van der Waals surface area contributed by atoms with Gasteiger partial charge < -0.3 is 24.8 Å². The van der Waals surface area contributed by atoms with Crippen molar-refractivity contribution in [1.82, 2.24) is 10.6 Å². The van der Waals surface area contributed by atoms with Gasteiger partial charge in [-0.15, -0.1) is 0 Å². The monoisotopic (exact) mass is 485 g/mol. The maximum atomic E-state index is 12.3. The predicted octanol–water partition coefficient (Wildman–Crippen LogP) is 3.76.